The summed E-state index contributed by atoms with van der Waals surface area (Å²) in [5.74, 6) is 1.08. The Hall–Kier alpha value is -2.77. The number of allylic oxidation sites excluding steroid dienone is 2. The van der Waals surface area contributed by atoms with Crippen LogP contribution in [0.5, 0.6) is 11.5 Å². The van der Waals surface area contributed by atoms with Crippen molar-refractivity contribution in [3.05, 3.63) is 63.9 Å². The van der Waals surface area contributed by atoms with Crippen LogP contribution in [-0.2, 0) is 4.79 Å². The van der Waals surface area contributed by atoms with E-state index in [4.69, 9.17) is 21.6 Å². The molecule has 4 nitrogen and oxygen atoms in total. The van der Waals surface area contributed by atoms with Crippen LogP contribution in [-0.4, -0.2) is 10.9 Å². The minimum atomic E-state index is -0.0610. The van der Waals surface area contributed by atoms with Crippen LogP contribution in [0.25, 0.3) is 5.57 Å². The van der Waals surface area contributed by atoms with Crippen LogP contribution in [0, 0.1) is 18.3 Å². The number of aliphatic hydroxyl groups excluding tert-OH is 1. The number of benzene rings is 2. The van der Waals surface area contributed by atoms with Crippen molar-refractivity contribution in [1.29, 1.82) is 5.26 Å². The second kappa shape index (κ2) is 6.38. The van der Waals surface area contributed by atoms with Crippen LogP contribution in [0.1, 0.15) is 29.5 Å². The highest BCUT2D eigenvalue weighted by molar-refractivity contribution is 6.31. The molecule has 120 valence electrons. The molecule has 1 N–H and O–H groups in total. The SMILES string of the molecule is Cc1ccc(Oc2ccc(C#N)c(Cl)c2)cc1C1=C(O)CCC1=O. The fourth-order valence-corrected chi connectivity index (χ4v) is 2.88. The molecule has 24 heavy (non-hydrogen) atoms. The lowest BCUT2D eigenvalue weighted by atomic mass is 9.98. The molecule has 0 atom stereocenters. The summed E-state index contributed by atoms with van der Waals surface area (Å²) in [5, 5.41) is 19.2. The first-order chi connectivity index (χ1) is 11.5. The van der Waals surface area contributed by atoms with E-state index in [1.54, 1.807) is 30.3 Å². The topological polar surface area (TPSA) is 70.3 Å². The Bertz CT molecular complexity index is 909. The second-order valence-electron chi connectivity index (χ2n) is 5.58. The molecule has 0 heterocycles. The average Bonchev–Trinajstić information content (AvgIpc) is 2.88. The van der Waals surface area contributed by atoms with Crippen LogP contribution in [0.15, 0.2) is 42.2 Å². The number of halogens is 1. The summed E-state index contributed by atoms with van der Waals surface area (Å²) in [6, 6.07) is 12.1. The van der Waals surface area contributed by atoms with Gasteiger partial charge in [0.05, 0.1) is 16.2 Å². The van der Waals surface area contributed by atoms with Crippen molar-refractivity contribution in [3.8, 4) is 17.6 Å². The summed E-state index contributed by atoms with van der Waals surface area (Å²) >= 11 is 6.01. The first-order valence-electron chi connectivity index (χ1n) is 7.43. The number of nitrogens with zero attached hydrogens (tertiary/aromatic N) is 1. The Balaban J connectivity index is 1.95. The molecule has 0 radical (unpaired) electrons. The minimum absolute atomic E-state index is 0.0610. The molecular formula is C19H14ClNO3. The largest absolute Gasteiger partial charge is 0.512 e. The zero-order valence-electron chi connectivity index (χ0n) is 13.0. The number of rotatable bonds is 3. The number of aliphatic hydroxyl groups is 1. The maximum atomic E-state index is 12.0. The third kappa shape index (κ3) is 2.99. The fourth-order valence-electron chi connectivity index (χ4n) is 2.67. The van der Waals surface area contributed by atoms with Crippen LogP contribution in [0.2, 0.25) is 5.02 Å². The highest BCUT2D eigenvalue weighted by Gasteiger charge is 2.25. The van der Waals surface area contributed by atoms with E-state index < -0.39 is 0 Å². The van der Waals surface area contributed by atoms with Gasteiger partial charge in [0.1, 0.15) is 23.3 Å². The summed E-state index contributed by atoms with van der Waals surface area (Å²) in [6.45, 7) is 1.88. The Morgan fingerprint density at radius 1 is 1.17 bits per heavy atom. The lowest BCUT2D eigenvalue weighted by Gasteiger charge is -2.11. The average molecular weight is 340 g/mol. The molecule has 2 aromatic rings. The summed E-state index contributed by atoms with van der Waals surface area (Å²) in [6.07, 6.45) is 0.709. The maximum Gasteiger partial charge on any atom is 0.167 e. The molecule has 0 saturated heterocycles. The molecule has 0 bridgehead atoms. The molecule has 3 rings (SSSR count). The number of hydrogen-bond donors (Lipinski definition) is 1. The number of carbonyl (C=O) groups excluding carboxylic acids is 1. The van der Waals surface area contributed by atoms with Crippen molar-refractivity contribution in [2.75, 3.05) is 0 Å². The third-order valence-corrected chi connectivity index (χ3v) is 4.24. The van der Waals surface area contributed by atoms with Crippen molar-refractivity contribution >= 4 is 23.0 Å². The smallest absolute Gasteiger partial charge is 0.167 e. The summed E-state index contributed by atoms with van der Waals surface area (Å²) in [4.78, 5) is 12.0. The van der Waals surface area contributed by atoms with Gasteiger partial charge in [-0.3, -0.25) is 4.79 Å². The number of ether oxygens (including phenoxy) is 1. The molecule has 0 unspecified atom stereocenters. The van der Waals surface area contributed by atoms with E-state index in [-0.39, 0.29) is 11.5 Å². The molecule has 1 aliphatic rings. The second-order valence-corrected chi connectivity index (χ2v) is 5.98. The van der Waals surface area contributed by atoms with Crippen molar-refractivity contribution in [2.45, 2.75) is 19.8 Å². The van der Waals surface area contributed by atoms with E-state index in [0.717, 1.165) is 5.56 Å². The van der Waals surface area contributed by atoms with Crippen molar-refractivity contribution in [3.63, 3.8) is 0 Å². The molecule has 0 aliphatic heterocycles. The molecule has 0 saturated carbocycles. The fraction of sp³-hybridized carbons (Fsp3) is 0.158. The number of nitriles is 1. The Morgan fingerprint density at radius 3 is 2.50 bits per heavy atom. The van der Waals surface area contributed by atoms with E-state index in [1.165, 1.54) is 0 Å². The number of hydrogen-bond acceptors (Lipinski definition) is 4. The first kappa shape index (κ1) is 16.1. The van der Waals surface area contributed by atoms with E-state index in [2.05, 4.69) is 0 Å². The monoisotopic (exact) mass is 339 g/mol. The van der Waals surface area contributed by atoms with Crippen molar-refractivity contribution in [1.82, 2.24) is 0 Å². The van der Waals surface area contributed by atoms with E-state index in [1.807, 2.05) is 19.1 Å². The summed E-state index contributed by atoms with van der Waals surface area (Å²) in [5.41, 5.74) is 2.31. The minimum Gasteiger partial charge on any atom is -0.512 e. The van der Waals surface area contributed by atoms with Gasteiger partial charge in [0, 0.05) is 18.9 Å². The van der Waals surface area contributed by atoms with E-state index in [9.17, 15) is 9.90 Å². The molecular weight excluding hydrogens is 326 g/mol. The molecule has 2 aromatic carbocycles. The molecule has 0 amide bonds. The molecule has 0 fully saturated rings. The van der Waals surface area contributed by atoms with Gasteiger partial charge >= 0.3 is 0 Å². The highest BCUT2D eigenvalue weighted by Crippen LogP contribution is 2.35. The first-order valence-corrected chi connectivity index (χ1v) is 7.81. The van der Waals surface area contributed by atoms with Gasteiger partial charge in [-0.1, -0.05) is 17.7 Å². The normalized spacial score (nSPS) is 14.0. The lowest BCUT2D eigenvalue weighted by Crippen LogP contribution is -1.99. The van der Waals surface area contributed by atoms with Crippen molar-refractivity contribution in [2.24, 2.45) is 0 Å². The molecule has 0 spiro atoms. The summed E-state index contributed by atoms with van der Waals surface area (Å²) < 4.78 is 5.78. The van der Waals surface area contributed by atoms with Crippen molar-refractivity contribution < 1.29 is 14.6 Å². The highest BCUT2D eigenvalue weighted by atomic mass is 35.5. The number of aryl methyl sites for hydroxylation is 1. The van der Waals surface area contributed by atoms with Gasteiger partial charge in [-0.25, -0.2) is 0 Å². The van der Waals surface area contributed by atoms with Crippen LogP contribution >= 0.6 is 11.6 Å². The predicted octanol–water partition coefficient (Wildman–Crippen LogP) is 4.94. The Morgan fingerprint density at radius 2 is 1.88 bits per heavy atom. The summed E-state index contributed by atoms with van der Waals surface area (Å²) in [7, 11) is 0. The van der Waals surface area contributed by atoms with Crippen LogP contribution < -0.4 is 4.74 Å². The Labute approximate surface area is 144 Å². The Kier molecular flexibility index (Phi) is 4.28. The van der Waals surface area contributed by atoms with Gasteiger partial charge in [-0.2, -0.15) is 5.26 Å². The van der Waals surface area contributed by atoms with Crippen LogP contribution in [0.4, 0.5) is 0 Å². The number of Topliss-reactive ketones (excluding diaryl/α,β-unsaturated/α-hetero) is 1. The van der Waals surface area contributed by atoms with Crippen LogP contribution in [0.3, 0.4) is 0 Å². The van der Waals surface area contributed by atoms with Gasteiger partial charge in [-0.05, 0) is 42.3 Å². The van der Waals surface area contributed by atoms with Gasteiger partial charge in [0.15, 0.2) is 5.78 Å². The number of carbonyl (C=O) groups is 1. The standard InChI is InChI=1S/C19H14ClNO3/c1-11-2-4-13(8-15(11)19-17(22)6-7-18(19)23)24-14-5-3-12(10-21)16(20)9-14/h2-5,8-9,22H,6-7H2,1H3. The van der Waals surface area contributed by atoms with E-state index in [0.29, 0.717) is 46.1 Å². The molecule has 1 aliphatic carbocycles. The lowest BCUT2D eigenvalue weighted by molar-refractivity contribution is -0.113. The molecule has 5 heteroatoms. The number of ketones is 1. The third-order valence-electron chi connectivity index (χ3n) is 3.93. The predicted molar refractivity (Wildman–Crippen MR) is 91.2 cm³/mol. The zero-order chi connectivity index (χ0) is 17.3. The van der Waals surface area contributed by atoms with Gasteiger partial charge in [-0.15, -0.1) is 0 Å². The van der Waals surface area contributed by atoms with Gasteiger partial charge in [0.25, 0.3) is 0 Å². The van der Waals surface area contributed by atoms with Gasteiger partial charge in [0.2, 0.25) is 0 Å². The quantitative estimate of drug-likeness (QED) is 0.859. The van der Waals surface area contributed by atoms with E-state index >= 15 is 0 Å². The zero-order valence-corrected chi connectivity index (χ0v) is 13.7. The maximum absolute atomic E-state index is 12.0. The molecule has 0 aromatic heterocycles. The van der Waals surface area contributed by atoms with Gasteiger partial charge < -0.3 is 9.84 Å².